The van der Waals surface area contributed by atoms with Gasteiger partial charge in [0.1, 0.15) is 5.75 Å². The van der Waals surface area contributed by atoms with Gasteiger partial charge in [-0.3, -0.25) is 4.79 Å². The number of carbonyl (C=O) groups is 1. The SMILES string of the molecule is COC[C@H]1CCN(C(=O)COc2ccc(Cl)cc2)C1. The summed E-state index contributed by atoms with van der Waals surface area (Å²) in [4.78, 5) is 13.8. The minimum absolute atomic E-state index is 0.0218. The minimum Gasteiger partial charge on any atom is -0.484 e. The quantitative estimate of drug-likeness (QED) is 0.832. The summed E-state index contributed by atoms with van der Waals surface area (Å²) in [6.07, 6.45) is 1.00. The van der Waals surface area contributed by atoms with Crippen LogP contribution in [0.1, 0.15) is 6.42 Å². The van der Waals surface area contributed by atoms with E-state index in [1.54, 1.807) is 31.4 Å². The summed E-state index contributed by atoms with van der Waals surface area (Å²) in [7, 11) is 1.69. The second kappa shape index (κ2) is 6.78. The maximum atomic E-state index is 12.0. The Bertz CT molecular complexity index is 421. The summed E-state index contributed by atoms with van der Waals surface area (Å²) in [6, 6.07) is 7.00. The molecule has 5 heteroatoms. The standard InChI is InChI=1S/C14H18ClNO3/c1-18-9-11-6-7-16(8-11)14(17)10-19-13-4-2-12(15)3-5-13/h2-5,11H,6-10H2,1H3/t11-/m0/s1. The zero-order valence-corrected chi connectivity index (χ0v) is 11.7. The van der Waals surface area contributed by atoms with Crippen molar-refractivity contribution < 1.29 is 14.3 Å². The monoisotopic (exact) mass is 283 g/mol. The van der Waals surface area contributed by atoms with Crippen LogP contribution in [0.25, 0.3) is 0 Å². The van der Waals surface area contributed by atoms with Crippen LogP contribution in [0.3, 0.4) is 0 Å². The molecule has 4 nitrogen and oxygen atoms in total. The van der Waals surface area contributed by atoms with E-state index >= 15 is 0 Å². The largest absolute Gasteiger partial charge is 0.484 e. The molecule has 104 valence electrons. The van der Waals surface area contributed by atoms with Gasteiger partial charge in [-0.1, -0.05) is 11.6 Å². The molecule has 0 aliphatic carbocycles. The van der Waals surface area contributed by atoms with Gasteiger partial charge in [-0.2, -0.15) is 0 Å². The Morgan fingerprint density at radius 3 is 2.84 bits per heavy atom. The van der Waals surface area contributed by atoms with Gasteiger partial charge in [0.15, 0.2) is 6.61 Å². The molecule has 1 heterocycles. The fourth-order valence-electron chi connectivity index (χ4n) is 2.20. The van der Waals surface area contributed by atoms with Gasteiger partial charge in [0.2, 0.25) is 0 Å². The molecule has 1 aliphatic rings. The normalized spacial score (nSPS) is 18.6. The average molecular weight is 284 g/mol. The van der Waals surface area contributed by atoms with Crippen LogP contribution in [0.4, 0.5) is 0 Å². The lowest BCUT2D eigenvalue weighted by atomic mass is 10.1. The molecular formula is C14H18ClNO3. The first-order valence-corrected chi connectivity index (χ1v) is 6.72. The molecule has 1 aromatic carbocycles. The van der Waals surface area contributed by atoms with E-state index in [4.69, 9.17) is 21.1 Å². The number of nitrogens with zero attached hydrogens (tertiary/aromatic N) is 1. The van der Waals surface area contributed by atoms with Gasteiger partial charge < -0.3 is 14.4 Å². The Morgan fingerprint density at radius 1 is 1.42 bits per heavy atom. The van der Waals surface area contributed by atoms with Gasteiger partial charge in [0, 0.05) is 31.1 Å². The molecule has 0 spiro atoms. The number of amides is 1. The van der Waals surface area contributed by atoms with Gasteiger partial charge >= 0.3 is 0 Å². The van der Waals surface area contributed by atoms with E-state index in [1.807, 2.05) is 4.90 Å². The summed E-state index contributed by atoms with van der Waals surface area (Å²) in [5.74, 6) is 1.13. The van der Waals surface area contributed by atoms with E-state index in [9.17, 15) is 4.79 Å². The van der Waals surface area contributed by atoms with Crippen LogP contribution in [0.5, 0.6) is 5.75 Å². The van der Waals surface area contributed by atoms with Crippen LogP contribution in [-0.4, -0.2) is 44.2 Å². The predicted molar refractivity (Wildman–Crippen MR) is 73.5 cm³/mol. The van der Waals surface area contributed by atoms with Crippen molar-refractivity contribution >= 4 is 17.5 Å². The van der Waals surface area contributed by atoms with E-state index < -0.39 is 0 Å². The van der Waals surface area contributed by atoms with Crippen LogP contribution in [0, 0.1) is 5.92 Å². The Kier molecular flexibility index (Phi) is 5.05. The number of hydrogen-bond donors (Lipinski definition) is 0. The predicted octanol–water partition coefficient (Wildman–Crippen LogP) is 2.21. The highest BCUT2D eigenvalue weighted by Gasteiger charge is 2.26. The van der Waals surface area contributed by atoms with E-state index in [2.05, 4.69) is 0 Å². The van der Waals surface area contributed by atoms with E-state index in [0.29, 0.717) is 23.3 Å². The van der Waals surface area contributed by atoms with Gasteiger partial charge in [0.25, 0.3) is 5.91 Å². The first-order chi connectivity index (χ1) is 9.19. The summed E-state index contributed by atoms with van der Waals surface area (Å²) in [5, 5.41) is 0.653. The highest BCUT2D eigenvalue weighted by atomic mass is 35.5. The number of hydrogen-bond acceptors (Lipinski definition) is 3. The van der Waals surface area contributed by atoms with Crippen molar-refractivity contribution in [3.8, 4) is 5.75 Å². The van der Waals surface area contributed by atoms with Gasteiger partial charge in [-0.15, -0.1) is 0 Å². The second-order valence-corrected chi connectivity index (χ2v) is 5.13. The van der Waals surface area contributed by atoms with Crippen LogP contribution >= 0.6 is 11.6 Å². The number of methoxy groups -OCH3 is 1. The zero-order valence-electron chi connectivity index (χ0n) is 11.0. The first kappa shape index (κ1) is 14.2. The number of likely N-dealkylation sites (tertiary alicyclic amines) is 1. The van der Waals surface area contributed by atoms with E-state index in [-0.39, 0.29) is 12.5 Å². The van der Waals surface area contributed by atoms with Crippen LogP contribution in [0.15, 0.2) is 24.3 Å². The summed E-state index contributed by atoms with van der Waals surface area (Å²) in [6.45, 7) is 2.33. The lowest BCUT2D eigenvalue weighted by Crippen LogP contribution is -2.33. The van der Waals surface area contributed by atoms with Crippen molar-refractivity contribution in [3.63, 3.8) is 0 Å². The first-order valence-electron chi connectivity index (χ1n) is 6.34. The van der Waals surface area contributed by atoms with Crippen LogP contribution in [-0.2, 0) is 9.53 Å². The molecule has 1 amide bonds. The van der Waals surface area contributed by atoms with Crippen molar-refractivity contribution in [2.45, 2.75) is 6.42 Å². The molecule has 0 radical (unpaired) electrons. The number of halogens is 1. The van der Waals surface area contributed by atoms with Crippen molar-refractivity contribution in [1.29, 1.82) is 0 Å². The molecule has 2 rings (SSSR count). The number of ether oxygens (including phenoxy) is 2. The van der Waals surface area contributed by atoms with Crippen molar-refractivity contribution in [2.24, 2.45) is 5.92 Å². The lowest BCUT2D eigenvalue weighted by molar-refractivity contribution is -0.132. The molecule has 1 aromatic rings. The summed E-state index contributed by atoms with van der Waals surface area (Å²) < 4.78 is 10.6. The number of carbonyl (C=O) groups excluding carboxylic acids is 1. The van der Waals surface area contributed by atoms with Gasteiger partial charge in [-0.05, 0) is 30.7 Å². The van der Waals surface area contributed by atoms with Crippen molar-refractivity contribution in [3.05, 3.63) is 29.3 Å². The summed E-state index contributed by atoms with van der Waals surface area (Å²) >= 11 is 5.78. The highest BCUT2D eigenvalue weighted by Crippen LogP contribution is 2.18. The van der Waals surface area contributed by atoms with Gasteiger partial charge in [0.05, 0.1) is 6.61 Å². The molecule has 1 aliphatic heterocycles. The fourth-order valence-corrected chi connectivity index (χ4v) is 2.32. The molecule has 19 heavy (non-hydrogen) atoms. The minimum atomic E-state index is 0.0218. The maximum absolute atomic E-state index is 12.0. The molecule has 0 saturated carbocycles. The third-order valence-corrected chi connectivity index (χ3v) is 3.47. The second-order valence-electron chi connectivity index (χ2n) is 4.69. The highest BCUT2D eigenvalue weighted by molar-refractivity contribution is 6.30. The molecule has 1 saturated heterocycles. The molecule has 1 fully saturated rings. The maximum Gasteiger partial charge on any atom is 0.260 e. The molecule has 0 aromatic heterocycles. The Balaban J connectivity index is 1.77. The number of benzene rings is 1. The third-order valence-electron chi connectivity index (χ3n) is 3.22. The van der Waals surface area contributed by atoms with Crippen LogP contribution < -0.4 is 4.74 Å². The topological polar surface area (TPSA) is 38.8 Å². The molecule has 0 N–H and O–H groups in total. The fraction of sp³-hybridized carbons (Fsp3) is 0.500. The molecular weight excluding hydrogens is 266 g/mol. The smallest absolute Gasteiger partial charge is 0.260 e. The zero-order chi connectivity index (χ0) is 13.7. The number of rotatable bonds is 5. The lowest BCUT2D eigenvalue weighted by Gasteiger charge is -2.16. The molecule has 0 bridgehead atoms. The Hall–Kier alpha value is -1.26. The molecule has 0 unspecified atom stereocenters. The van der Waals surface area contributed by atoms with Crippen molar-refractivity contribution in [1.82, 2.24) is 4.90 Å². The van der Waals surface area contributed by atoms with E-state index in [1.165, 1.54) is 0 Å². The van der Waals surface area contributed by atoms with Gasteiger partial charge in [-0.25, -0.2) is 0 Å². The van der Waals surface area contributed by atoms with Crippen LogP contribution in [0.2, 0.25) is 5.02 Å². The third kappa shape index (κ3) is 4.11. The average Bonchev–Trinajstić information content (AvgIpc) is 2.87. The molecule has 1 atom stereocenters. The van der Waals surface area contributed by atoms with Crippen molar-refractivity contribution in [2.75, 3.05) is 33.4 Å². The Morgan fingerprint density at radius 2 is 2.16 bits per heavy atom. The summed E-state index contributed by atoms with van der Waals surface area (Å²) in [5.41, 5.74) is 0. The Labute approximate surface area is 118 Å². The van der Waals surface area contributed by atoms with E-state index in [0.717, 1.165) is 19.5 Å².